The van der Waals surface area contributed by atoms with Gasteiger partial charge in [0.05, 0.1) is 12.2 Å². The van der Waals surface area contributed by atoms with Crippen molar-refractivity contribution in [2.45, 2.75) is 32.9 Å². The van der Waals surface area contributed by atoms with Crippen LogP contribution in [0.4, 0.5) is 4.79 Å². The summed E-state index contributed by atoms with van der Waals surface area (Å²) in [6.45, 7) is 5.23. The maximum atomic E-state index is 11.3. The lowest BCUT2D eigenvalue weighted by Crippen LogP contribution is -2.32. The number of nitrogens with one attached hydrogen (secondary N) is 2. The summed E-state index contributed by atoms with van der Waals surface area (Å²) >= 11 is 0. The van der Waals surface area contributed by atoms with Crippen molar-refractivity contribution in [3.63, 3.8) is 0 Å². The van der Waals surface area contributed by atoms with E-state index in [4.69, 9.17) is 4.74 Å². The SMILES string of the molecule is CC(C)(C)OC(=O)NCc1[nH]ccc(=O)c1O. The second-order valence-corrected chi connectivity index (χ2v) is 4.52. The zero-order valence-corrected chi connectivity index (χ0v) is 10.0. The maximum Gasteiger partial charge on any atom is 0.407 e. The highest BCUT2D eigenvalue weighted by molar-refractivity contribution is 5.67. The first-order valence-electron chi connectivity index (χ1n) is 5.16. The molecule has 0 spiro atoms. The van der Waals surface area contributed by atoms with Crippen molar-refractivity contribution < 1.29 is 14.6 Å². The van der Waals surface area contributed by atoms with Crippen molar-refractivity contribution in [1.82, 2.24) is 10.3 Å². The highest BCUT2D eigenvalue weighted by atomic mass is 16.6. The van der Waals surface area contributed by atoms with Gasteiger partial charge in [-0.15, -0.1) is 0 Å². The molecule has 17 heavy (non-hydrogen) atoms. The lowest BCUT2D eigenvalue weighted by atomic mass is 10.2. The van der Waals surface area contributed by atoms with E-state index in [-0.39, 0.29) is 12.2 Å². The van der Waals surface area contributed by atoms with E-state index in [0.717, 1.165) is 0 Å². The first kappa shape index (κ1) is 13.1. The van der Waals surface area contributed by atoms with Gasteiger partial charge in [0.1, 0.15) is 5.60 Å². The molecular formula is C11H16N2O4. The second kappa shape index (κ2) is 4.90. The molecule has 94 valence electrons. The fourth-order valence-electron chi connectivity index (χ4n) is 1.12. The third-order valence-electron chi connectivity index (χ3n) is 1.82. The summed E-state index contributed by atoms with van der Waals surface area (Å²) in [5.41, 5.74) is -0.843. The second-order valence-electron chi connectivity index (χ2n) is 4.52. The number of carbonyl (C=O) groups excluding carboxylic acids is 1. The molecule has 0 atom stereocenters. The Balaban J connectivity index is 2.60. The molecule has 0 bridgehead atoms. The van der Waals surface area contributed by atoms with E-state index in [1.165, 1.54) is 12.3 Å². The predicted octanol–water partition coefficient (Wildman–Crippen LogP) is 1.11. The van der Waals surface area contributed by atoms with Crippen LogP contribution in [0.5, 0.6) is 5.75 Å². The number of H-pyrrole nitrogens is 1. The van der Waals surface area contributed by atoms with Crippen molar-refractivity contribution in [2.24, 2.45) is 0 Å². The van der Waals surface area contributed by atoms with Crippen molar-refractivity contribution >= 4 is 6.09 Å². The molecule has 1 rings (SSSR count). The fraction of sp³-hybridized carbons (Fsp3) is 0.455. The third-order valence-corrected chi connectivity index (χ3v) is 1.82. The molecule has 0 saturated heterocycles. The smallest absolute Gasteiger partial charge is 0.407 e. The molecule has 0 aromatic carbocycles. The summed E-state index contributed by atoms with van der Waals surface area (Å²) in [5, 5.41) is 11.8. The van der Waals surface area contributed by atoms with Gasteiger partial charge in [-0.2, -0.15) is 0 Å². The highest BCUT2D eigenvalue weighted by Crippen LogP contribution is 2.08. The summed E-state index contributed by atoms with van der Waals surface area (Å²) in [5.74, 6) is -0.399. The van der Waals surface area contributed by atoms with Gasteiger partial charge in [-0.25, -0.2) is 4.79 Å². The number of carbonyl (C=O) groups is 1. The monoisotopic (exact) mass is 240 g/mol. The molecule has 6 nitrogen and oxygen atoms in total. The normalized spacial score (nSPS) is 11.0. The van der Waals surface area contributed by atoms with Gasteiger partial charge in [-0.3, -0.25) is 4.79 Å². The van der Waals surface area contributed by atoms with Gasteiger partial charge in [-0.05, 0) is 20.8 Å². The standard InChI is InChI=1S/C11H16N2O4/c1-11(2,3)17-10(16)13-6-7-9(15)8(14)4-5-12-7/h4-5,15H,6H2,1-3H3,(H,12,14)(H,13,16). The van der Waals surface area contributed by atoms with Gasteiger partial charge in [0, 0.05) is 12.3 Å². The molecule has 0 aliphatic carbocycles. The molecule has 0 fully saturated rings. The van der Waals surface area contributed by atoms with E-state index in [1.54, 1.807) is 20.8 Å². The average molecular weight is 240 g/mol. The van der Waals surface area contributed by atoms with Crippen LogP contribution in [-0.4, -0.2) is 21.8 Å². The van der Waals surface area contributed by atoms with E-state index < -0.39 is 22.9 Å². The summed E-state index contributed by atoms with van der Waals surface area (Å²) in [4.78, 5) is 25.1. The largest absolute Gasteiger partial charge is 0.503 e. The number of hydrogen-bond donors (Lipinski definition) is 3. The van der Waals surface area contributed by atoms with E-state index >= 15 is 0 Å². The Kier molecular flexibility index (Phi) is 3.77. The van der Waals surface area contributed by atoms with Gasteiger partial charge >= 0.3 is 6.09 Å². The van der Waals surface area contributed by atoms with Crippen molar-refractivity contribution in [3.8, 4) is 5.75 Å². The zero-order valence-electron chi connectivity index (χ0n) is 10.0. The molecule has 0 radical (unpaired) electrons. The van der Waals surface area contributed by atoms with Gasteiger partial charge in [0.15, 0.2) is 5.75 Å². The molecule has 1 aromatic heterocycles. The van der Waals surface area contributed by atoms with Gasteiger partial charge in [0.2, 0.25) is 5.43 Å². The molecule has 0 aliphatic heterocycles. The van der Waals surface area contributed by atoms with Crippen molar-refractivity contribution in [3.05, 3.63) is 28.2 Å². The first-order chi connectivity index (χ1) is 7.79. The Bertz CT molecular complexity index is 459. The number of alkyl carbamates (subject to hydrolysis) is 1. The molecule has 1 amide bonds. The maximum absolute atomic E-state index is 11.3. The Morgan fingerprint density at radius 2 is 2.18 bits per heavy atom. The van der Waals surface area contributed by atoms with Crippen molar-refractivity contribution in [1.29, 1.82) is 0 Å². The van der Waals surface area contributed by atoms with Crippen LogP contribution in [0.15, 0.2) is 17.1 Å². The van der Waals surface area contributed by atoms with Crippen LogP contribution in [0.25, 0.3) is 0 Å². The molecule has 1 aromatic rings. The molecule has 6 heteroatoms. The van der Waals surface area contributed by atoms with Crippen LogP contribution in [0, 0.1) is 0 Å². The third kappa shape index (κ3) is 4.18. The van der Waals surface area contributed by atoms with E-state index in [0.29, 0.717) is 0 Å². The quantitative estimate of drug-likeness (QED) is 0.722. The molecule has 1 heterocycles. The number of rotatable bonds is 2. The van der Waals surface area contributed by atoms with Crippen LogP contribution in [-0.2, 0) is 11.3 Å². The summed E-state index contributed by atoms with van der Waals surface area (Å²) in [6.07, 6.45) is 0.787. The first-order valence-corrected chi connectivity index (χ1v) is 5.16. The Morgan fingerprint density at radius 1 is 1.53 bits per heavy atom. The molecule has 0 aliphatic rings. The minimum atomic E-state index is -0.610. The number of pyridine rings is 1. The van der Waals surface area contributed by atoms with Crippen LogP contribution < -0.4 is 10.7 Å². The Hall–Kier alpha value is -1.98. The molecular weight excluding hydrogens is 224 g/mol. The number of aromatic hydroxyl groups is 1. The minimum absolute atomic E-state index is 0.00315. The van der Waals surface area contributed by atoms with Crippen LogP contribution in [0.1, 0.15) is 26.5 Å². The van der Waals surface area contributed by atoms with Gasteiger partial charge in [0.25, 0.3) is 0 Å². The van der Waals surface area contributed by atoms with E-state index in [1.807, 2.05) is 0 Å². The Labute approximate surface area is 98.6 Å². The van der Waals surface area contributed by atoms with E-state index in [9.17, 15) is 14.7 Å². The number of aromatic amines is 1. The summed E-state index contributed by atoms with van der Waals surface area (Å²) in [7, 11) is 0. The van der Waals surface area contributed by atoms with Crippen LogP contribution >= 0.6 is 0 Å². The number of hydrogen-bond acceptors (Lipinski definition) is 4. The predicted molar refractivity (Wildman–Crippen MR) is 61.8 cm³/mol. The molecule has 0 unspecified atom stereocenters. The fourth-order valence-corrected chi connectivity index (χ4v) is 1.12. The van der Waals surface area contributed by atoms with Crippen LogP contribution in [0.3, 0.4) is 0 Å². The number of amides is 1. The van der Waals surface area contributed by atoms with Gasteiger partial charge < -0.3 is 20.1 Å². The molecule has 3 N–H and O–H groups in total. The Morgan fingerprint density at radius 3 is 2.76 bits per heavy atom. The summed E-state index contributed by atoms with van der Waals surface area (Å²) in [6, 6.07) is 1.20. The van der Waals surface area contributed by atoms with E-state index in [2.05, 4.69) is 10.3 Å². The number of ether oxygens (including phenoxy) is 1. The average Bonchev–Trinajstić information content (AvgIpc) is 2.18. The van der Waals surface area contributed by atoms with Crippen molar-refractivity contribution in [2.75, 3.05) is 0 Å². The lowest BCUT2D eigenvalue weighted by molar-refractivity contribution is 0.0522. The topological polar surface area (TPSA) is 91.4 Å². The molecule has 0 saturated carbocycles. The summed E-state index contributed by atoms with van der Waals surface area (Å²) < 4.78 is 5.01. The lowest BCUT2D eigenvalue weighted by Gasteiger charge is -2.19. The minimum Gasteiger partial charge on any atom is -0.503 e. The van der Waals surface area contributed by atoms with Crippen LogP contribution in [0.2, 0.25) is 0 Å². The van der Waals surface area contributed by atoms with Gasteiger partial charge in [-0.1, -0.05) is 0 Å². The zero-order chi connectivity index (χ0) is 13.1. The highest BCUT2D eigenvalue weighted by Gasteiger charge is 2.16. The number of aromatic nitrogens is 1.